The number of nitrogens with one attached hydrogen (secondary N) is 2. The van der Waals surface area contributed by atoms with Gasteiger partial charge in [-0.25, -0.2) is 0 Å². The molecule has 1 unspecified atom stereocenters. The van der Waals surface area contributed by atoms with Gasteiger partial charge in [0.25, 0.3) is 0 Å². The van der Waals surface area contributed by atoms with Crippen LogP contribution in [0.5, 0.6) is 0 Å². The molecule has 1 fully saturated rings. The van der Waals surface area contributed by atoms with Crippen LogP contribution < -0.4 is 10.6 Å². The molecule has 0 aromatic carbocycles. The van der Waals surface area contributed by atoms with E-state index < -0.39 is 0 Å². The molecule has 0 aromatic rings. The summed E-state index contributed by atoms with van der Waals surface area (Å²) in [5, 5.41) is 6.00. The van der Waals surface area contributed by atoms with E-state index >= 15 is 0 Å². The lowest BCUT2D eigenvalue weighted by Crippen LogP contribution is -2.59. The van der Waals surface area contributed by atoms with Gasteiger partial charge in [0.2, 0.25) is 11.8 Å². The van der Waals surface area contributed by atoms with E-state index in [-0.39, 0.29) is 17.9 Å². The predicted molar refractivity (Wildman–Crippen MR) is 80.4 cm³/mol. The highest BCUT2D eigenvalue weighted by atomic mass is 16.2. The smallest absolute Gasteiger partial charge is 0.244 e. The maximum absolute atomic E-state index is 12.3. The van der Waals surface area contributed by atoms with E-state index in [0.29, 0.717) is 26.1 Å². The molecule has 20 heavy (non-hydrogen) atoms. The fourth-order valence-electron chi connectivity index (χ4n) is 2.55. The number of hydrogen-bond acceptors (Lipinski definition) is 3. The summed E-state index contributed by atoms with van der Waals surface area (Å²) in [7, 11) is 0. The van der Waals surface area contributed by atoms with Crippen molar-refractivity contribution in [2.24, 2.45) is 0 Å². The second-order valence-corrected chi connectivity index (χ2v) is 5.37. The molecule has 2 N–H and O–H groups in total. The maximum Gasteiger partial charge on any atom is 0.244 e. The average molecular weight is 283 g/mol. The van der Waals surface area contributed by atoms with E-state index in [9.17, 15) is 9.59 Å². The van der Waals surface area contributed by atoms with Crippen LogP contribution in [0.1, 0.15) is 52.4 Å². The molecule has 0 saturated carbocycles. The van der Waals surface area contributed by atoms with Crippen LogP contribution in [0.25, 0.3) is 0 Å². The molecule has 0 radical (unpaired) electrons. The average Bonchev–Trinajstić information content (AvgIpc) is 2.47. The minimum atomic E-state index is -0.341. The van der Waals surface area contributed by atoms with Gasteiger partial charge in [0.15, 0.2) is 0 Å². The third-order valence-corrected chi connectivity index (χ3v) is 3.71. The highest BCUT2D eigenvalue weighted by Crippen LogP contribution is 2.11. The Morgan fingerprint density at radius 2 is 1.95 bits per heavy atom. The van der Waals surface area contributed by atoms with Crippen molar-refractivity contribution in [1.29, 1.82) is 0 Å². The molecule has 1 heterocycles. The molecule has 1 aliphatic rings. The minimum Gasteiger partial charge on any atom is -0.355 e. The van der Waals surface area contributed by atoms with Crippen LogP contribution >= 0.6 is 0 Å². The Morgan fingerprint density at radius 1 is 1.20 bits per heavy atom. The summed E-state index contributed by atoms with van der Waals surface area (Å²) in [6, 6.07) is -0.341. The van der Waals surface area contributed by atoms with Gasteiger partial charge in [-0.1, -0.05) is 32.6 Å². The van der Waals surface area contributed by atoms with Gasteiger partial charge < -0.3 is 15.5 Å². The van der Waals surface area contributed by atoms with Gasteiger partial charge in [-0.15, -0.1) is 0 Å². The summed E-state index contributed by atoms with van der Waals surface area (Å²) in [6.07, 6.45) is 6.27. The molecule has 1 saturated heterocycles. The second kappa shape index (κ2) is 9.75. The number of piperazine rings is 1. The van der Waals surface area contributed by atoms with Gasteiger partial charge in [-0.2, -0.15) is 0 Å². The topological polar surface area (TPSA) is 61.4 Å². The Kier molecular flexibility index (Phi) is 8.26. The normalized spacial score (nSPS) is 18.9. The number of carbonyl (C=O) groups is 2. The van der Waals surface area contributed by atoms with Crippen molar-refractivity contribution in [2.45, 2.75) is 58.4 Å². The molecule has 5 heteroatoms. The number of rotatable bonds is 8. The van der Waals surface area contributed by atoms with Crippen LogP contribution in [0.15, 0.2) is 0 Å². The molecule has 0 aliphatic carbocycles. The summed E-state index contributed by atoms with van der Waals surface area (Å²) in [6.45, 7) is 6.66. The van der Waals surface area contributed by atoms with E-state index in [4.69, 9.17) is 0 Å². The minimum absolute atomic E-state index is 0.0426. The Morgan fingerprint density at radius 3 is 2.65 bits per heavy atom. The van der Waals surface area contributed by atoms with Gasteiger partial charge in [-0.3, -0.25) is 9.59 Å². The number of amides is 2. The summed E-state index contributed by atoms with van der Waals surface area (Å²) in [5.74, 6) is 0.0817. The summed E-state index contributed by atoms with van der Waals surface area (Å²) in [4.78, 5) is 26.0. The first-order chi connectivity index (χ1) is 9.70. The lowest BCUT2D eigenvalue weighted by molar-refractivity contribution is -0.141. The number of nitrogens with zero attached hydrogens (tertiary/aromatic N) is 1. The quantitative estimate of drug-likeness (QED) is 0.660. The van der Waals surface area contributed by atoms with Crippen LogP contribution in [0.2, 0.25) is 0 Å². The lowest BCUT2D eigenvalue weighted by Gasteiger charge is -2.35. The first kappa shape index (κ1) is 17.0. The van der Waals surface area contributed by atoms with E-state index in [0.717, 1.165) is 19.4 Å². The van der Waals surface area contributed by atoms with Gasteiger partial charge >= 0.3 is 0 Å². The van der Waals surface area contributed by atoms with Gasteiger partial charge in [-0.05, 0) is 13.3 Å². The highest BCUT2D eigenvalue weighted by molar-refractivity contribution is 5.88. The number of unbranched alkanes of at least 4 members (excludes halogenated alkanes) is 4. The first-order valence-corrected chi connectivity index (χ1v) is 7.98. The zero-order chi connectivity index (χ0) is 14.8. The predicted octanol–water partition coefficient (Wildman–Crippen LogP) is 1.28. The summed E-state index contributed by atoms with van der Waals surface area (Å²) >= 11 is 0. The molecule has 2 amide bonds. The van der Waals surface area contributed by atoms with Crippen molar-refractivity contribution < 1.29 is 9.59 Å². The maximum atomic E-state index is 12.3. The number of likely N-dealkylation sites (N-methyl/N-ethyl adjacent to an activating group) is 1. The zero-order valence-corrected chi connectivity index (χ0v) is 12.9. The van der Waals surface area contributed by atoms with Gasteiger partial charge in [0.1, 0.15) is 6.04 Å². The molecule has 1 atom stereocenters. The first-order valence-electron chi connectivity index (χ1n) is 7.98. The van der Waals surface area contributed by atoms with Gasteiger partial charge in [0, 0.05) is 32.6 Å². The largest absolute Gasteiger partial charge is 0.355 e. The van der Waals surface area contributed by atoms with E-state index in [1.807, 2.05) is 6.92 Å². The second-order valence-electron chi connectivity index (χ2n) is 5.37. The number of hydrogen-bond donors (Lipinski definition) is 2. The monoisotopic (exact) mass is 283 g/mol. The fraction of sp³-hybridized carbons (Fsp3) is 0.867. The third kappa shape index (κ3) is 5.49. The van der Waals surface area contributed by atoms with Crippen molar-refractivity contribution in [3.8, 4) is 0 Å². The fourth-order valence-corrected chi connectivity index (χ4v) is 2.55. The van der Waals surface area contributed by atoms with Crippen LogP contribution in [0.3, 0.4) is 0 Å². The molecular weight excluding hydrogens is 254 g/mol. The van der Waals surface area contributed by atoms with E-state index in [1.54, 1.807) is 4.90 Å². The van der Waals surface area contributed by atoms with Crippen molar-refractivity contribution in [2.75, 3.05) is 26.2 Å². The molecule has 5 nitrogen and oxygen atoms in total. The molecule has 0 bridgehead atoms. The zero-order valence-electron chi connectivity index (χ0n) is 12.9. The molecule has 1 aliphatic heterocycles. The summed E-state index contributed by atoms with van der Waals surface area (Å²) in [5.41, 5.74) is 0. The highest BCUT2D eigenvalue weighted by Gasteiger charge is 2.31. The molecule has 116 valence electrons. The summed E-state index contributed by atoms with van der Waals surface area (Å²) < 4.78 is 0. The molecule has 1 rings (SSSR count). The molecule has 0 aromatic heterocycles. The standard InChI is InChI=1S/C15H29N3O2/c1-3-5-6-7-8-9-14(19)18-11-10-16-12-13(18)15(20)17-4-2/h13,16H,3-12H2,1-2H3,(H,17,20). The van der Waals surface area contributed by atoms with Crippen LogP contribution in [0.4, 0.5) is 0 Å². The Labute approximate surface area is 122 Å². The van der Waals surface area contributed by atoms with Crippen LogP contribution in [-0.4, -0.2) is 48.9 Å². The van der Waals surface area contributed by atoms with Crippen LogP contribution in [0, 0.1) is 0 Å². The molecule has 0 spiro atoms. The number of carbonyl (C=O) groups excluding carboxylic acids is 2. The Balaban J connectivity index is 2.40. The molecular formula is C15H29N3O2. The van der Waals surface area contributed by atoms with Crippen molar-refractivity contribution in [1.82, 2.24) is 15.5 Å². The Hall–Kier alpha value is -1.10. The van der Waals surface area contributed by atoms with Crippen molar-refractivity contribution in [3.05, 3.63) is 0 Å². The third-order valence-electron chi connectivity index (χ3n) is 3.71. The van der Waals surface area contributed by atoms with Gasteiger partial charge in [0.05, 0.1) is 0 Å². The van der Waals surface area contributed by atoms with Crippen molar-refractivity contribution in [3.63, 3.8) is 0 Å². The lowest BCUT2D eigenvalue weighted by atomic mass is 10.1. The Bertz CT molecular complexity index is 307. The van der Waals surface area contributed by atoms with E-state index in [2.05, 4.69) is 17.6 Å². The SMILES string of the molecule is CCCCCCCC(=O)N1CCNCC1C(=O)NCC. The van der Waals surface area contributed by atoms with Crippen molar-refractivity contribution >= 4 is 11.8 Å². The van der Waals surface area contributed by atoms with Crippen LogP contribution in [-0.2, 0) is 9.59 Å². The van der Waals surface area contributed by atoms with E-state index in [1.165, 1.54) is 19.3 Å².